The number of fused-ring (bicyclic) bond motifs is 3. The molecule has 0 aliphatic carbocycles. The molecule has 0 bridgehead atoms. The maximum absolute atomic E-state index is 13.5. The lowest BCUT2D eigenvalue weighted by Crippen LogP contribution is -2.23. The third-order valence-electron chi connectivity index (χ3n) is 5.25. The van der Waals surface area contributed by atoms with Crippen molar-refractivity contribution in [2.24, 2.45) is 0 Å². The zero-order chi connectivity index (χ0) is 22.5. The first-order chi connectivity index (χ1) is 15.3. The van der Waals surface area contributed by atoms with Gasteiger partial charge in [0.15, 0.2) is 0 Å². The number of nitrogens with zero attached hydrogens (tertiary/aromatic N) is 5. The number of hydrogen-bond acceptors (Lipinski definition) is 5. The largest absolute Gasteiger partial charge is 0.399 e. The molecule has 10 heteroatoms. The predicted octanol–water partition coefficient (Wildman–Crippen LogP) is 3.38. The monoisotopic (exact) mass is 449 g/mol. The molecule has 0 unspecified atom stereocenters. The Morgan fingerprint density at radius 1 is 1.00 bits per heavy atom. The van der Waals surface area contributed by atoms with Gasteiger partial charge in [0.1, 0.15) is 0 Å². The minimum absolute atomic E-state index is 0.0875. The van der Waals surface area contributed by atoms with Crippen LogP contribution in [0.4, 0.5) is 9.57 Å². The second-order valence-corrected chi connectivity index (χ2v) is 8.52. The lowest BCUT2D eigenvalue weighted by molar-refractivity contribution is 0.550. The van der Waals surface area contributed by atoms with Crippen LogP contribution in [0.3, 0.4) is 0 Å². The first-order valence-corrected chi connectivity index (χ1v) is 10.9. The SMILES string of the molecule is CN(c1cccc(-n2c(=O)ccc3cnc4ccc(-n5cccn5)cc4c32)c1)S(=O)(=O)F. The van der Waals surface area contributed by atoms with Gasteiger partial charge in [0.2, 0.25) is 0 Å². The third kappa shape index (κ3) is 3.30. The van der Waals surface area contributed by atoms with Crippen LogP contribution >= 0.6 is 0 Å². The van der Waals surface area contributed by atoms with E-state index in [1.165, 1.54) is 22.8 Å². The molecule has 160 valence electrons. The van der Waals surface area contributed by atoms with Crippen molar-refractivity contribution < 1.29 is 12.3 Å². The summed E-state index contributed by atoms with van der Waals surface area (Å²) in [6.45, 7) is 0. The number of halogens is 1. The average Bonchev–Trinajstić information content (AvgIpc) is 3.32. The summed E-state index contributed by atoms with van der Waals surface area (Å²) < 4.78 is 39.9. The molecule has 0 saturated heterocycles. The lowest BCUT2D eigenvalue weighted by atomic mass is 10.1. The van der Waals surface area contributed by atoms with E-state index in [1.54, 1.807) is 35.3 Å². The van der Waals surface area contributed by atoms with Crippen molar-refractivity contribution in [1.29, 1.82) is 0 Å². The molecular formula is C22H16FN5O3S. The fraction of sp³-hybridized carbons (Fsp3) is 0.0455. The molecule has 0 spiro atoms. The average molecular weight is 449 g/mol. The molecular weight excluding hydrogens is 433 g/mol. The maximum Gasteiger partial charge on any atom is 0.399 e. The minimum atomic E-state index is -4.95. The first-order valence-electron chi connectivity index (χ1n) is 9.56. The number of rotatable bonds is 4. The van der Waals surface area contributed by atoms with Crippen molar-refractivity contribution in [3.05, 3.63) is 89.6 Å². The van der Waals surface area contributed by atoms with E-state index in [-0.39, 0.29) is 11.2 Å². The molecule has 5 rings (SSSR count). The molecule has 0 radical (unpaired) electrons. The molecule has 0 atom stereocenters. The normalized spacial score (nSPS) is 11.8. The van der Waals surface area contributed by atoms with Crippen molar-refractivity contribution >= 4 is 37.9 Å². The van der Waals surface area contributed by atoms with Crippen LogP contribution in [0.25, 0.3) is 33.2 Å². The Bertz CT molecular complexity index is 1650. The topological polar surface area (TPSA) is 90.1 Å². The van der Waals surface area contributed by atoms with Crippen LogP contribution in [0.1, 0.15) is 0 Å². The molecule has 5 aromatic rings. The summed E-state index contributed by atoms with van der Waals surface area (Å²) in [6.07, 6.45) is 5.15. The molecule has 0 fully saturated rings. The lowest BCUT2D eigenvalue weighted by Gasteiger charge is -2.17. The van der Waals surface area contributed by atoms with Gasteiger partial charge in [0.05, 0.1) is 28.1 Å². The van der Waals surface area contributed by atoms with Gasteiger partial charge in [0.25, 0.3) is 5.56 Å². The Morgan fingerprint density at radius 2 is 1.84 bits per heavy atom. The van der Waals surface area contributed by atoms with Crippen LogP contribution in [0.2, 0.25) is 0 Å². The highest BCUT2D eigenvalue weighted by Crippen LogP contribution is 2.28. The van der Waals surface area contributed by atoms with Gasteiger partial charge in [-0.2, -0.15) is 13.5 Å². The van der Waals surface area contributed by atoms with Crippen LogP contribution < -0.4 is 9.86 Å². The molecule has 32 heavy (non-hydrogen) atoms. The van der Waals surface area contributed by atoms with E-state index in [0.29, 0.717) is 31.8 Å². The van der Waals surface area contributed by atoms with Crippen LogP contribution in [0.5, 0.6) is 0 Å². The molecule has 0 aliphatic heterocycles. The first kappa shape index (κ1) is 19.9. The molecule has 3 heterocycles. The highest BCUT2D eigenvalue weighted by atomic mass is 32.3. The highest BCUT2D eigenvalue weighted by Gasteiger charge is 2.18. The Balaban J connectivity index is 1.83. The molecule has 8 nitrogen and oxygen atoms in total. The van der Waals surface area contributed by atoms with E-state index in [9.17, 15) is 17.1 Å². The highest BCUT2D eigenvalue weighted by molar-refractivity contribution is 7.87. The Morgan fingerprint density at radius 3 is 2.59 bits per heavy atom. The van der Waals surface area contributed by atoms with E-state index in [1.807, 2.05) is 30.5 Å². The fourth-order valence-corrected chi connectivity index (χ4v) is 4.04. The van der Waals surface area contributed by atoms with Gasteiger partial charge < -0.3 is 0 Å². The Labute approximate surface area is 182 Å². The minimum Gasteiger partial charge on any atom is -0.276 e. The van der Waals surface area contributed by atoms with E-state index in [2.05, 4.69) is 10.1 Å². The summed E-state index contributed by atoms with van der Waals surface area (Å²) in [4.78, 5) is 17.5. The standard InChI is InChI=1S/C22H16FN5O3S/c1-26(32(23,30)31)16-4-2-5-18(12-16)28-21(29)9-6-15-14-24-20-8-7-17(13-19(20)22(15)28)27-11-3-10-25-27/h2-14H,1H3. The van der Waals surface area contributed by atoms with Crippen LogP contribution in [0, 0.1) is 0 Å². The maximum atomic E-state index is 13.5. The second kappa shape index (κ2) is 7.27. The van der Waals surface area contributed by atoms with Crippen molar-refractivity contribution in [3.63, 3.8) is 0 Å². The van der Waals surface area contributed by atoms with Gasteiger partial charge >= 0.3 is 10.4 Å². The summed E-state index contributed by atoms with van der Waals surface area (Å²) in [5, 5.41) is 5.68. The summed E-state index contributed by atoms with van der Waals surface area (Å²) in [5.41, 5.74) is 2.22. The molecule has 2 aromatic carbocycles. The molecule has 0 amide bonds. The van der Waals surface area contributed by atoms with E-state index >= 15 is 0 Å². The smallest absolute Gasteiger partial charge is 0.276 e. The summed E-state index contributed by atoms with van der Waals surface area (Å²) in [6, 6.07) is 16.6. The van der Waals surface area contributed by atoms with Gasteiger partial charge in [-0.05, 0) is 48.5 Å². The van der Waals surface area contributed by atoms with Crippen molar-refractivity contribution in [3.8, 4) is 11.4 Å². The van der Waals surface area contributed by atoms with Gasteiger partial charge in [-0.25, -0.2) is 8.99 Å². The van der Waals surface area contributed by atoms with Crippen LogP contribution in [-0.2, 0) is 10.4 Å². The summed E-state index contributed by atoms with van der Waals surface area (Å²) in [7, 11) is -3.84. The third-order valence-corrected chi connectivity index (χ3v) is 6.11. The van der Waals surface area contributed by atoms with Gasteiger partial charge in [-0.15, -0.1) is 0 Å². The fourth-order valence-electron chi connectivity index (χ4n) is 3.67. The van der Waals surface area contributed by atoms with Gasteiger partial charge in [0, 0.05) is 42.5 Å². The summed E-state index contributed by atoms with van der Waals surface area (Å²) in [5.74, 6) is 0. The number of pyridine rings is 2. The zero-order valence-corrected chi connectivity index (χ0v) is 17.6. The number of benzene rings is 2. The van der Waals surface area contributed by atoms with E-state index in [4.69, 9.17) is 0 Å². The number of hydrogen-bond donors (Lipinski definition) is 0. The Kier molecular flexibility index (Phi) is 4.52. The van der Waals surface area contributed by atoms with Gasteiger partial charge in [-0.1, -0.05) is 9.95 Å². The second-order valence-electron chi connectivity index (χ2n) is 7.15. The molecule has 0 N–H and O–H groups in total. The number of anilines is 1. The predicted molar refractivity (Wildman–Crippen MR) is 120 cm³/mol. The summed E-state index contributed by atoms with van der Waals surface area (Å²) >= 11 is 0. The van der Waals surface area contributed by atoms with Crippen molar-refractivity contribution in [2.75, 3.05) is 11.4 Å². The number of aromatic nitrogens is 4. The van der Waals surface area contributed by atoms with Crippen LogP contribution in [0.15, 0.2) is 84.0 Å². The Hall–Kier alpha value is -4.05. The van der Waals surface area contributed by atoms with Gasteiger partial charge in [-0.3, -0.25) is 14.3 Å². The molecule has 0 saturated carbocycles. The van der Waals surface area contributed by atoms with Crippen molar-refractivity contribution in [2.45, 2.75) is 0 Å². The van der Waals surface area contributed by atoms with Crippen LogP contribution in [-0.4, -0.2) is 34.8 Å². The van der Waals surface area contributed by atoms with E-state index < -0.39 is 10.4 Å². The van der Waals surface area contributed by atoms with E-state index in [0.717, 1.165) is 12.7 Å². The molecule has 3 aromatic heterocycles. The van der Waals surface area contributed by atoms with Crippen molar-refractivity contribution in [1.82, 2.24) is 19.3 Å². The quantitative estimate of drug-likeness (QED) is 0.310. The zero-order valence-electron chi connectivity index (χ0n) is 16.8. The molecule has 0 aliphatic rings.